The van der Waals surface area contributed by atoms with Gasteiger partial charge in [-0.1, -0.05) is 130 Å². The van der Waals surface area contributed by atoms with Crippen LogP contribution in [0.3, 0.4) is 0 Å². The van der Waals surface area contributed by atoms with E-state index in [2.05, 4.69) is 172 Å². The average molecular weight is 645 g/mol. The molecule has 0 bridgehead atoms. The summed E-state index contributed by atoms with van der Waals surface area (Å²) in [6.07, 6.45) is 1.96. The van der Waals surface area contributed by atoms with Crippen LogP contribution in [0.5, 0.6) is 0 Å². The quantitative estimate of drug-likeness (QED) is 0.192. The summed E-state index contributed by atoms with van der Waals surface area (Å²) in [4.78, 5) is 7.40. The van der Waals surface area contributed by atoms with E-state index in [9.17, 15) is 0 Å². The Morgan fingerprint density at radius 2 is 1.22 bits per heavy atom. The Hall–Kier alpha value is -5.93. The van der Waals surface area contributed by atoms with Gasteiger partial charge in [0.15, 0.2) is 0 Å². The molecule has 6 aromatic carbocycles. The third-order valence-electron chi connectivity index (χ3n) is 10.9. The summed E-state index contributed by atoms with van der Waals surface area (Å²) in [5, 5.41) is 2.18. The number of para-hydroxylation sites is 1. The number of pyridine rings is 1. The number of furan rings is 1. The smallest absolute Gasteiger partial charge is 0.145 e. The predicted octanol–water partition coefficient (Wildman–Crippen LogP) is 12.4. The lowest BCUT2D eigenvalue weighted by atomic mass is 9.70. The zero-order valence-electron chi connectivity index (χ0n) is 28.7. The number of hydrogen-bond donors (Lipinski definition) is 0. The van der Waals surface area contributed by atoms with Gasteiger partial charge in [0.1, 0.15) is 17.0 Å². The van der Waals surface area contributed by atoms with E-state index < -0.39 is 5.41 Å². The Labute approximate surface area is 292 Å². The van der Waals surface area contributed by atoms with Crippen molar-refractivity contribution in [3.05, 3.63) is 179 Å². The molecule has 0 saturated heterocycles. The van der Waals surface area contributed by atoms with Gasteiger partial charge in [0.05, 0.1) is 16.5 Å². The number of fused-ring (bicyclic) bond motifs is 14. The Balaban J connectivity index is 1.38. The van der Waals surface area contributed by atoms with Crippen molar-refractivity contribution in [3.8, 4) is 22.3 Å². The molecule has 10 rings (SSSR count). The van der Waals surface area contributed by atoms with Crippen LogP contribution in [-0.4, -0.2) is 4.98 Å². The fourth-order valence-electron chi connectivity index (χ4n) is 8.70. The number of aromatic nitrogens is 1. The Bertz CT molecular complexity index is 2590. The van der Waals surface area contributed by atoms with Gasteiger partial charge in [-0.05, 0) is 92.7 Å². The first-order chi connectivity index (χ1) is 24.4. The maximum atomic E-state index is 7.03. The van der Waals surface area contributed by atoms with E-state index in [1.165, 1.54) is 50.1 Å². The fourth-order valence-corrected chi connectivity index (χ4v) is 8.70. The van der Waals surface area contributed by atoms with Crippen LogP contribution in [0, 0.1) is 6.92 Å². The lowest BCUT2D eigenvalue weighted by molar-refractivity contribution is 0.590. The minimum atomic E-state index is -0.510. The van der Waals surface area contributed by atoms with Crippen molar-refractivity contribution in [3.63, 3.8) is 0 Å². The summed E-state index contributed by atoms with van der Waals surface area (Å²) in [5.41, 5.74) is 15.9. The Morgan fingerprint density at radius 1 is 0.620 bits per heavy atom. The third kappa shape index (κ3) is 3.83. The summed E-state index contributed by atoms with van der Waals surface area (Å²) in [6, 6.07) is 51.1. The summed E-state index contributed by atoms with van der Waals surface area (Å²) in [7, 11) is 0. The molecular formula is C47H36N2O. The van der Waals surface area contributed by atoms with E-state index in [1.54, 1.807) is 0 Å². The van der Waals surface area contributed by atoms with Crippen LogP contribution in [0.1, 0.15) is 54.2 Å². The minimum Gasteiger partial charge on any atom is -0.455 e. The maximum absolute atomic E-state index is 7.03. The molecule has 0 amide bonds. The van der Waals surface area contributed by atoms with Gasteiger partial charge in [-0.25, -0.2) is 4.98 Å². The van der Waals surface area contributed by atoms with Crippen molar-refractivity contribution < 1.29 is 4.42 Å². The molecule has 2 aliphatic rings. The molecule has 0 atom stereocenters. The van der Waals surface area contributed by atoms with E-state index >= 15 is 0 Å². The second-order valence-electron chi connectivity index (χ2n) is 14.8. The van der Waals surface area contributed by atoms with Crippen LogP contribution in [0.2, 0.25) is 0 Å². The van der Waals surface area contributed by atoms with Gasteiger partial charge in [0.2, 0.25) is 0 Å². The zero-order chi connectivity index (χ0) is 33.8. The monoisotopic (exact) mass is 644 g/mol. The van der Waals surface area contributed by atoms with Gasteiger partial charge in [-0.3, -0.25) is 4.90 Å². The van der Waals surface area contributed by atoms with Crippen LogP contribution in [0.4, 0.5) is 17.2 Å². The molecular weight excluding hydrogens is 609 g/mol. The first-order valence-electron chi connectivity index (χ1n) is 17.5. The van der Waals surface area contributed by atoms with Crippen molar-refractivity contribution in [1.82, 2.24) is 4.98 Å². The largest absolute Gasteiger partial charge is 0.455 e. The van der Waals surface area contributed by atoms with Crippen molar-refractivity contribution in [2.75, 3.05) is 4.90 Å². The van der Waals surface area contributed by atoms with Crippen molar-refractivity contribution in [2.24, 2.45) is 0 Å². The molecule has 2 heterocycles. The Kier molecular flexibility index (Phi) is 5.97. The summed E-state index contributed by atoms with van der Waals surface area (Å²) >= 11 is 0. The maximum Gasteiger partial charge on any atom is 0.145 e. The highest BCUT2D eigenvalue weighted by molar-refractivity contribution is 6.19. The molecule has 1 spiro atoms. The summed E-state index contributed by atoms with van der Waals surface area (Å²) < 4.78 is 7.03. The molecule has 3 heteroatoms. The van der Waals surface area contributed by atoms with E-state index in [4.69, 9.17) is 9.40 Å². The number of rotatable bonds is 3. The number of benzene rings is 6. The van der Waals surface area contributed by atoms with Crippen LogP contribution < -0.4 is 4.90 Å². The highest BCUT2D eigenvalue weighted by atomic mass is 16.3. The van der Waals surface area contributed by atoms with E-state index in [0.29, 0.717) is 0 Å². The van der Waals surface area contributed by atoms with Crippen molar-refractivity contribution in [2.45, 2.75) is 38.5 Å². The molecule has 240 valence electrons. The molecule has 3 nitrogen and oxygen atoms in total. The van der Waals surface area contributed by atoms with Crippen LogP contribution in [0.15, 0.2) is 150 Å². The third-order valence-corrected chi connectivity index (χ3v) is 10.9. The Morgan fingerprint density at radius 3 is 1.86 bits per heavy atom. The van der Waals surface area contributed by atoms with E-state index in [-0.39, 0.29) is 5.41 Å². The second kappa shape index (κ2) is 10.3. The van der Waals surface area contributed by atoms with Gasteiger partial charge in [-0.2, -0.15) is 0 Å². The highest BCUT2D eigenvalue weighted by Crippen LogP contribution is 2.65. The van der Waals surface area contributed by atoms with Crippen LogP contribution in [0.25, 0.3) is 44.2 Å². The number of hydrogen-bond acceptors (Lipinski definition) is 3. The molecule has 0 N–H and O–H groups in total. The summed E-state index contributed by atoms with van der Waals surface area (Å²) in [6.45, 7) is 8.87. The van der Waals surface area contributed by atoms with Gasteiger partial charge in [0, 0.05) is 22.8 Å². The molecule has 0 radical (unpaired) electrons. The SMILES string of the molecule is Cc1ccc(N(c2ccc(C(C)(C)C)cc2)c2cc3c(c4oc5ccccc5c24)-c2ccccc2C32c3ccccc3-c3ccccc32)nc1. The molecule has 0 saturated carbocycles. The number of aryl methyl sites for hydroxylation is 1. The lowest BCUT2D eigenvalue weighted by Gasteiger charge is -2.32. The van der Waals surface area contributed by atoms with Crippen LogP contribution in [-0.2, 0) is 10.8 Å². The average Bonchev–Trinajstić information content (AvgIpc) is 3.77. The van der Waals surface area contributed by atoms with Crippen LogP contribution >= 0.6 is 0 Å². The molecule has 50 heavy (non-hydrogen) atoms. The highest BCUT2D eigenvalue weighted by Gasteiger charge is 2.53. The summed E-state index contributed by atoms with van der Waals surface area (Å²) in [5.74, 6) is 0.863. The number of nitrogens with zero attached hydrogens (tertiary/aromatic N) is 2. The van der Waals surface area contributed by atoms with Gasteiger partial charge in [0.25, 0.3) is 0 Å². The van der Waals surface area contributed by atoms with Crippen molar-refractivity contribution >= 4 is 39.1 Å². The van der Waals surface area contributed by atoms with Gasteiger partial charge < -0.3 is 4.42 Å². The lowest BCUT2D eigenvalue weighted by Crippen LogP contribution is -2.26. The fraction of sp³-hybridized carbons (Fsp3) is 0.128. The minimum absolute atomic E-state index is 0.0362. The van der Waals surface area contributed by atoms with E-state index in [1.807, 2.05) is 6.20 Å². The first-order valence-corrected chi connectivity index (χ1v) is 17.5. The van der Waals surface area contributed by atoms with E-state index in [0.717, 1.165) is 44.7 Å². The standard InChI is InChI=1S/C47H36N2O/c1-29-21-26-42(48-28-29)49(31-24-22-30(23-25-31)46(2,3)4)40-27-39-43(45-44(40)35-16-8-12-20-41(35)50-45)34-15-7-11-19-38(34)47(39)36-17-9-5-13-32(36)33-14-6-10-18-37(33)47/h5-28H,1-4H3. The normalized spacial score (nSPS) is 13.8. The zero-order valence-corrected chi connectivity index (χ0v) is 28.7. The first kappa shape index (κ1) is 29.0. The van der Waals surface area contributed by atoms with Gasteiger partial charge in [-0.15, -0.1) is 0 Å². The topological polar surface area (TPSA) is 29.3 Å². The van der Waals surface area contributed by atoms with Crippen molar-refractivity contribution in [1.29, 1.82) is 0 Å². The molecule has 0 aliphatic heterocycles. The van der Waals surface area contributed by atoms with Gasteiger partial charge >= 0.3 is 0 Å². The second-order valence-corrected chi connectivity index (χ2v) is 14.8. The number of anilines is 3. The molecule has 0 fully saturated rings. The molecule has 2 aromatic heterocycles. The molecule has 8 aromatic rings. The molecule has 2 aliphatic carbocycles. The predicted molar refractivity (Wildman–Crippen MR) is 206 cm³/mol. The molecule has 0 unspecified atom stereocenters.